The van der Waals surface area contributed by atoms with Crippen LogP contribution >= 0.6 is 0 Å². The molecule has 0 amide bonds. The number of hydrogen-bond donors (Lipinski definition) is 2. The fraction of sp³-hybridized carbons (Fsp3) is 0.696. The number of carboxylic acid groups (broad SMARTS) is 1. The van der Waals surface area contributed by atoms with Gasteiger partial charge in [0.1, 0.15) is 0 Å². The molecule has 0 aliphatic rings. The van der Waals surface area contributed by atoms with E-state index in [2.05, 4.69) is 15.3 Å². The van der Waals surface area contributed by atoms with Crippen LogP contribution in [0.1, 0.15) is 100 Å². The largest absolute Gasteiger partial charge is 0.478 e. The van der Waals surface area contributed by atoms with Crippen LogP contribution in [-0.2, 0) is 0 Å². The number of carbonyl (C=O) groups is 1. The lowest BCUT2D eigenvalue weighted by molar-refractivity contribution is 0.0697. The molecule has 162 valence electrons. The average molecular weight is 403 g/mol. The summed E-state index contributed by atoms with van der Waals surface area (Å²) in [5.74, 6) is -0.882. The molecule has 29 heavy (non-hydrogen) atoms. The van der Waals surface area contributed by atoms with Gasteiger partial charge < -0.3 is 10.4 Å². The maximum absolute atomic E-state index is 10.8. The van der Waals surface area contributed by atoms with E-state index < -0.39 is 5.97 Å². The molecule has 6 heteroatoms. The average Bonchev–Trinajstić information content (AvgIpc) is 2.73. The van der Waals surface area contributed by atoms with Gasteiger partial charge in [0.15, 0.2) is 0 Å². The van der Waals surface area contributed by atoms with Gasteiger partial charge in [-0.25, -0.2) is 4.79 Å². The summed E-state index contributed by atoms with van der Waals surface area (Å²) in [5.41, 5.74) is 9.51. The van der Waals surface area contributed by atoms with E-state index in [-0.39, 0.29) is 0 Å². The number of unbranched alkanes of at least 4 members (excludes halogenated alkanes) is 13. The second-order valence-electron chi connectivity index (χ2n) is 7.71. The molecule has 2 N–H and O–H groups in total. The lowest BCUT2D eigenvalue weighted by atomic mass is 10.0. The van der Waals surface area contributed by atoms with Crippen LogP contribution in [0, 0.1) is 0 Å². The van der Waals surface area contributed by atoms with Crippen LogP contribution in [0.3, 0.4) is 0 Å². The molecule has 0 radical (unpaired) electrons. The number of nitrogens with one attached hydrogen (secondary N) is 1. The van der Waals surface area contributed by atoms with Crippen molar-refractivity contribution in [2.75, 3.05) is 18.4 Å². The summed E-state index contributed by atoms with van der Waals surface area (Å²) in [7, 11) is 0. The monoisotopic (exact) mass is 402 g/mol. The van der Waals surface area contributed by atoms with E-state index in [4.69, 9.17) is 10.6 Å². The van der Waals surface area contributed by atoms with Crippen molar-refractivity contribution in [2.24, 2.45) is 5.11 Å². The Balaban J connectivity index is 1.79. The molecule has 0 bridgehead atoms. The number of hydrogen-bond acceptors (Lipinski definition) is 3. The summed E-state index contributed by atoms with van der Waals surface area (Å²) in [6.45, 7) is 1.59. The molecule has 1 aromatic rings. The van der Waals surface area contributed by atoms with E-state index in [9.17, 15) is 4.79 Å². The summed E-state index contributed by atoms with van der Waals surface area (Å²) < 4.78 is 0. The van der Waals surface area contributed by atoms with Gasteiger partial charge in [-0.2, -0.15) is 0 Å². The fourth-order valence-corrected chi connectivity index (χ4v) is 3.44. The molecule has 0 unspecified atom stereocenters. The van der Waals surface area contributed by atoms with Gasteiger partial charge in [0.2, 0.25) is 0 Å². The van der Waals surface area contributed by atoms with Crippen molar-refractivity contribution < 1.29 is 9.90 Å². The Morgan fingerprint density at radius 1 is 0.793 bits per heavy atom. The van der Waals surface area contributed by atoms with Crippen molar-refractivity contribution in [3.05, 3.63) is 40.3 Å². The van der Waals surface area contributed by atoms with Crippen molar-refractivity contribution in [1.29, 1.82) is 0 Å². The van der Waals surface area contributed by atoms with Gasteiger partial charge in [-0.15, -0.1) is 0 Å². The van der Waals surface area contributed by atoms with Gasteiger partial charge in [0.25, 0.3) is 0 Å². The minimum Gasteiger partial charge on any atom is -0.478 e. The summed E-state index contributed by atoms with van der Waals surface area (Å²) in [5, 5.41) is 15.8. The minimum atomic E-state index is -0.882. The van der Waals surface area contributed by atoms with Crippen molar-refractivity contribution in [2.45, 2.75) is 89.9 Å². The van der Waals surface area contributed by atoms with Gasteiger partial charge in [-0.3, -0.25) is 0 Å². The molecule has 0 heterocycles. The van der Waals surface area contributed by atoms with E-state index in [1.54, 1.807) is 12.1 Å². The first kappa shape index (κ1) is 24.8. The molecule has 0 atom stereocenters. The molecule has 0 aliphatic carbocycles. The van der Waals surface area contributed by atoms with Gasteiger partial charge in [-0.05, 0) is 42.6 Å². The molecule has 0 fully saturated rings. The van der Waals surface area contributed by atoms with Gasteiger partial charge in [0, 0.05) is 23.7 Å². The summed E-state index contributed by atoms with van der Waals surface area (Å²) >= 11 is 0. The maximum atomic E-state index is 10.8. The maximum Gasteiger partial charge on any atom is 0.335 e. The number of carboxylic acids is 1. The molecule has 0 aliphatic heterocycles. The Morgan fingerprint density at radius 2 is 1.24 bits per heavy atom. The van der Waals surface area contributed by atoms with Gasteiger partial charge in [0.05, 0.1) is 5.56 Å². The number of aromatic carboxylic acids is 1. The minimum absolute atomic E-state index is 0.328. The summed E-state index contributed by atoms with van der Waals surface area (Å²) in [6, 6.07) is 6.93. The third-order valence-corrected chi connectivity index (χ3v) is 5.21. The van der Waals surface area contributed by atoms with Crippen LogP contribution in [0.25, 0.3) is 10.4 Å². The highest BCUT2D eigenvalue weighted by Crippen LogP contribution is 2.14. The summed E-state index contributed by atoms with van der Waals surface area (Å²) in [4.78, 5) is 13.6. The van der Waals surface area contributed by atoms with Crippen LogP contribution in [0.4, 0.5) is 5.69 Å². The molecule has 0 aromatic heterocycles. The van der Waals surface area contributed by atoms with E-state index in [1.807, 2.05) is 12.1 Å². The smallest absolute Gasteiger partial charge is 0.335 e. The fourth-order valence-electron chi connectivity index (χ4n) is 3.44. The Hall–Kier alpha value is -2.20. The van der Waals surface area contributed by atoms with Crippen LogP contribution < -0.4 is 5.32 Å². The van der Waals surface area contributed by atoms with Gasteiger partial charge >= 0.3 is 5.97 Å². The van der Waals surface area contributed by atoms with Crippen LogP contribution in [0.5, 0.6) is 0 Å². The van der Waals surface area contributed by atoms with Crippen molar-refractivity contribution in [3.63, 3.8) is 0 Å². The Labute approximate surface area is 175 Å². The normalized spacial score (nSPS) is 10.5. The Kier molecular flexibility index (Phi) is 15.3. The quantitative estimate of drug-likeness (QED) is 0.108. The molecule has 0 saturated heterocycles. The van der Waals surface area contributed by atoms with Crippen molar-refractivity contribution in [3.8, 4) is 0 Å². The lowest BCUT2D eigenvalue weighted by Gasteiger charge is -2.07. The van der Waals surface area contributed by atoms with E-state index >= 15 is 0 Å². The number of benzene rings is 1. The van der Waals surface area contributed by atoms with Crippen LogP contribution in [-0.4, -0.2) is 24.2 Å². The number of anilines is 1. The molecule has 1 rings (SSSR count). The zero-order valence-corrected chi connectivity index (χ0v) is 17.8. The Morgan fingerprint density at radius 3 is 1.69 bits per heavy atom. The highest BCUT2D eigenvalue weighted by Gasteiger charge is 2.01. The number of azide groups is 1. The zero-order valence-electron chi connectivity index (χ0n) is 17.8. The highest BCUT2D eigenvalue weighted by molar-refractivity contribution is 5.87. The predicted octanol–water partition coefficient (Wildman–Crippen LogP) is 7.57. The predicted molar refractivity (Wildman–Crippen MR) is 121 cm³/mol. The molecule has 1 aromatic carbocycles. The van der Waals surface area contributed by atoms with Crippen LogP contribution in [0.2, 0.25) is 0 Å². The second kappa shape index (κ2) is 17.9. The SMILES string of the molecule is [N-]=[N+]=NCCCCCCCCCCCCCCCCNc1ccc(C(=O)O)cc1. The first-order chi connectivity index (χ1) is 14.2. The third kappa shape index (κ3) is 14.5. The zero-order chi connectivity index (χ0) is 21.0. The highest BCUT2D eigenvalue weighted by atomic mass is 16.4. The molecule has 6 nitrogen and oxygen atoms in total. The number of rotatable bonds is 19. The van der Waals surface area contributed by atoms with E-state index in [1.165, 1.54) is 77.0 Å². The van der Waals surface area contributed by atoms with Crippen molar-refractivity contribution >= 4 is 11.7 Å². The number of nitrogens with zero attached hydrogens (tertiary/aromatic N) is 3. The second-order valence-corrected chi connectivity index (χ2v) is 7.71. The Bertz CT molecular complexity index is 583. The topological polar surface area (TPSA) is 98.1 Å². The van der Waals surface area contributed by atoms with Crippen LogP contribution in [0.15, 0.2) is 29.4 Å². The van der Waals surface area contributed by atoms with E-state index in [0.717, 1.165) is 25.1 Å². The molecular formula is C23H38N4O2. The molecular weight excluding hydrogens is 364 g/mol. The first-order valence-corrected chi connectivity index (χ1v) is 11.3. The molecule has 0 saturated carbocycles. The first-order valence-electron chi connectivity index (χ1n) is 11.3. The third-order valence-electron chi connectivity index (χ3n) is 5.21. The standard InChI is InChI=1S/C23H38N4O2/c24-27-26-20-14-12-10-8-6-4-2-1-3-5-7-9-11-13-19-25-22-17-15-21(16-18-22)23(28)29/h15-18,25H,1-14,19-20H2,(H,28,29). The molecule has 0 spiro atoms. The lowest BCUT2D eigenvalue weighted by Crippen LogP contribution is -2.02. The van der Waals surface area contributed by atoms with Gasteiger partial charge in [-0.1, -0.05) is 82.2 Å². The van der Waals surface area contributed by atoms with Crippen molar-refractivity contribution in [1.82, 2.24) is 0 Å². The van der Waals surface area contributed by atoms with E-state index in [0.29, 0.717) is 12.1 Å². The summed E-state index contributed by atoms with van der Waals surface area (Å²) in [6.07, 6.45) is 18.0.